The molecule has 2 amide bonds. The van der Waals surface area contributed by atoms with Gasteiger partial charge in [0.15, 0.2) is 0 Å². The van der Waals surface area contributed by atoms with E-state index < -0.39 is 6.04 Å². The zero-order valence-corrected chi connectivity index (χ0v) is 14.4. The maximum Gasteiger partial charge on any atom is 0.249 e. The molecule has 2 atom stereocenters. The Morgan fingerprint density at radius 2 is 1.96 bits per heavy atom. The van der Waals surface area contributed by atoms with Crippen LogP contribution in [0.5, 0.6) is 0 Å². The van der Waals surface area contributed by atoms with Crippen molar-refractivity contribution in [2.45, 2.75) is 44.7 Å². The number of hydrogen-bond acceptors (Lipinski definition) is 3. The monoisotopic (exact) mass is 337 g/mol. The zero-order chi connectivity index (χ0) is 17.6. The summed E-state index contributed by atoms with van der Waals surface area (Å²) in [6, 6.07) is 15.0. The van der Waals surface area contributed by atoms with Gasteiger partial charge in [-0.05, 0) is 50.5 Å². The first kappa shape index (κ1) is 17.1. The van der Waals surface area contributed by atoms with Crippen LogP contribution in [0, 0.1) is 0 Å². The number of nitrogens with one attached hydrogen (secondary N) is 1. The fourth-order valence-corrected chi connectivity index (χ4v) is 3.27. The number of anilines is 1. The van der Waals surface area contributed by atoms with Crippen molar-refractivity contribution in [2.75, 3.05) is 4.90 Å². The summed E-state index contributed by atoms with van der Waals surface area (Å²) in [6.07, 6.45) is 4.28. The van der Waals surface area contributed by atoms with Gasteiger partial charge in [0.2, 0.25) is 11.8 Å². The van der Waals surface area contributed by atoms with Gasteiger partial charge in [-0.3, -0.25) is 14.6 Å². The first-order valence-electron chi connectivity index (χ1n) is 8.72. The third-order valence-corrected chi connectivity index (χ3v) is 4.49. The maximum absolute atomic E-state index is 12.6. The van der Waals surface area contributed by atoms with E-state index in [1.165, 1.54) is 0 Å². The third kappa shape index (κ3) is 4.24. The van der Waals surface area contributed by atoms with Crippen molar-refractivity contribution < 1.29 is 9.59 Å². The molecule has 1 aliphatic rings. The topological polar surface area (TPSA) is 62.3 Å². The van der Waals surface area contributed by atoms with Crippen LogP contribution >= 0.6 is 0 Å². The van der Waals surface area contributed by atoms with Gasteiger partial charge in [-0.25, -0.2) is 0 Å². The average Bonchev–Trinajstić information content (AvgIpc) is 2.90. The molecule has 1 aromatic heterocycles. The Balaban J connectivity index is 1.51. The molecule has 1 aliphatic heterocycles. The number of carbonyl (C=O) groups is 2. The molecular weight excluding hydrogens is 314 g/mol. The lowest BCUT2D eigenvalue weighted by atomic mass is 10.1. The number of aromatic nitrogens is 1. The maximum atomic E-state index is 12.6. The Bertz CT molecular complexity index is 718. The summed E-state index contributed by atoms with van der Waals surface area (Å²) in [6.45, 7) is 2.01. The van der Waals surface area contributed by atoms with E-state index in [0.717, 1.165) is 24.2 Å². The second kappa shape index (κ2) is 7.92. The standard InChI is InChI=1S/C20H23N3O2/c1-15-14-18(20(25)23(15)17-10-3-2-4-11-17)22-19(24)12-7-9-16-8-5-6-13-21-16/h2-6,8,10-11,13,15,18H,7,9,12,14H2,1H3,(H,22,24)/t15-,18-/m1/s1. The fraction of sp³-hybridized carbons (Fsp3) is 0.350. The van der Waals surface area contributed by atoms with Crippen molar-refractivity contribution in [3.8, 4) is 0 Å². The van der Waals surface area contributed by atoms with E-state index >= 15 is 0 Å². The minimum Gasteiger partial charge on any atom is -0.344 e. The quantitative estimate of drug-likeness (QED) is 0.881. The summed E-state index contributed by atoms with van der Waals surface area (Å²) in [5.74, 6) is -0.104. The van der Waals surface area contributed by atoms with Crippen LogP contribution in [0.2, 0.25) is 0 Å². The second-order valence-electron chi connectivity index (χ2n) is 6.42. The average molecular weight is 337 g/mol. The number of nitrogens with zero attached hydrogens (tertiary/aromatic N) is 2. The van der Waals surface area contributed by atoms with E-state index in [0.29, 0.717) is 12.8 Å². The van der Waals surface area contributed by atoms with Crippen LogP contribution in [-0.4, -0.2) is 28.9 Å². The smallest absolute Gasteiger partial charge is 0.249 e. The van der Waals surface area contributed by atoms with Gasteiger partial charge in [-0.2, -0.15) is 0 Å². The highest BCUT2D eigenvalue weighted by Crippen LogP contribution is 2.26. The van der Waals surface area contributed by atoms with Crippen LogP contribution in [0.25, 0.3) is 0 Å². The Kier molecular flexibility index (Phi) is 5.43. The predicted molar refractivity (Wildman–Crippen MR) is 97.1 cm³/mol. The van der Waals surface area contributed by atoms with Crippen molar-refractivity contribution in [1.82, 2.24) is 10.3 Å². The summed E-state index contributed by atoms with van der Waals surface area (Å²) in [7, 11) is 0. The Labute approximate surface area is 148 Å². The summed E-state index contributed by atoms with van der Waals surface area (Å²) < 4.78 is 0. The number of rotatable bonds is 6. The van der Waals surface area contributed by atoms with Crippen molar-refractivity contribution in [3.63, 3.8) is 0 Å². The minimum absolute atomic E-state index is 0.0308. The number of carbonyl (C=O) groups excluding carboxylic acids is 2. The van der Waals surface area contributed by atoms with Crippen LogP contribution in [-0.2, 0) is 16.0 Å². The van der Waals surface area contributed by atoms with E-state index in [2.05, 4.69) is 10.3 Å². The molecule has 0 bridgehead atoms. The third-order valence-electron chi connectivity index (χ3n) is 4.49. The zero-order valence-electron chi connectivity index (χ0n) is 14.4. The fourth-order valence-electron chi connectivity index (χ4n) is 3.27. The van der Waals surface area contributed by atoms with E-state index in [1.54, 1.807) is 11.1 Å². The van der Waals surface area contributed by atoms with Gasteiger partial charge in [-0.1, -0.05) is 24.3 Å². The van der Waals surface area contributed by atoms with Gasteiger partial charge < -0.3 is 10.2 Å². The van der Waals surface area contributed by atoms with Crippen LogP contribution in [0.15, 0.2) is 54.7 Å². The molecule has 1 aromatic carbocycles. The molecule has 0 radical (unpaired) electrons. The number of amides is 2. The highest BCUT2D eigenvalue weighted by molar-refractivity contribution is 6.01. The first-order chi connectivity index (χ1) is 12.1. The van der Waals surface area contributed by atoms with Gasteiger partial charge in [-0.15, -0.1) is 0 Å². The SMILES string of the molecule is C[C@@H]1C[C@@H](NC(=O)CCCc2ccccn2)C(=O)N1c1ccccc1. The van der Waals surface area contributed by atoms with E-state index in [4.69, 9.17) is 0 Å². The molecule has 1 N–H and O–H groups in total. The molecule has 2 heterocycles. The van der Waals surface area contributed by atoms with E-state index in [1.807, 2.05) is 55.5 Å². The summed E-state index contributed by atoms with van der Waals surface area (Å²) >= 11 is 0. The molecule has 0 spiro atoms. The molecule has 0 unspecified atom stereocenters. The van der Waals surface area contributed by atoms with Gasteiger partial charge in [0.1, 0.15) is 6.04 Å². The molecule has 130 valence electrons. The summed E-state index contributed by atoms with van der Waals surface area (Å²) in [5.41, 5.74) is 1.86. The van der Waals surface area contributed by atoms with E-state index in [-0.39, 0.29) is 17.9 Å². The van der Waals surface area contributed by atoms with Crippen molar-refractivity contribution in [1.29, 1.82) is 0 Å². The highest BCUT2D eigenvalue weighted by atomic mass is 16.2. The van der Waals surface area contributed by atoms with Crippen LogP contribution in [0.3, 0.4) is 0 Å². The van der Waals surface area contributed by atoms with Crippen LogP contribution in [0.1, 0.15) is 31.9 Å². The molecule has 2 aromatic rings. The molecule has 1 fully saturated rings. The lowest BCUT2D eigenvalue weighted by Crippen LogP contribution is -2.41. The van der Waals surface area contributed by atoms with Crippen LogP contribution in [0.4, 0.5) is 5.69 Å². The summed E-state index contributed by atoms with van der Waals surface area (Å²) in [5, 5.41) is 2.89. The number of benzene rings is 1. The number of aryl methyl sites for hydroxylation is 1. The molecular formula is C20H23N3O2. The van der Waals surface area contributed by atoms with Crippen LogP contribution < -0.4 is 10.2 Å². The number of hydrogen-bond donors (Lipinski definition) is 1. The molecule has 1 saturated heterocycles. The lowest BCUT2D eigenvalue weighted by Gasteiger charge is -2.21. The molecule has 0 aliphatic carbocycles. The van der Waals surface area contributed by atoms with E-state index in [9.17, 15) is 9.59 Å². The van der Waals surface area contributed by atoms with Crippen molar-refractivity contribution in [2.24, 2.45) is 0 Å². The normalized spacial score (nSPS) is 19.9. The van der Waals surface area contributed by atoms with Gasteiger partial charge >= 0.3 is 0 Å². The second-order valence-corrected chi connectivity index (χ2v) is 6.42. The Morgan fingerprint density at radius 3 is 2.68 bits per heavy atom. The summed E-state index contributed by atoms with van der Waals surface area (Å²) in [4.78, 5) is 30.9. The highest BCUT2D eigenvalue weighted by Gasteiger charge is 2.38. The van der Waals surface area contributed by atoms with Crippen molar-refractivity contribution >= 4 is 17.5 Å². The molecule has 25 heavy (non-hydrogen) atoms. The van der Waals surface area contributed by atoms with Gasteiger partial charge in [0, 0.05) is 30.0 Å². The molecule has 3 rings (SSSR count). The number of para-hydroxylation sites is 1. The molecule has 5 heteroatoms. The predicted octanol–water partition coefficient (Wildman–Crippen LogP) is 2.71. The molecule has 0 saturated carbocycles. The lowest BCUT2D eigenvalue weighted by molar-refractivity contribution is -0.126. The van der Waals surface area contributed by atoms with Crippen molar-refractivity contribution in [3.05, 3.63) is 60.4 Å². The largest absolute Gasteiger partial charge is 0.344 e. The van der Waals surface area contributed by atoms with Gasteiger partial charge in [0.05, 0.1) is 0 Å². The minimum atomic E-state index is -0.433. The Morgan fingerprint density at radius 1 is 1.20 bits per heavy atom. The molecule has 5 nitrogen and oxygen atoms in total. The Hall–Kier alpha value is -2.69. The first-order valence-corrected chi connectivity index (χ1v) is 8.72. The van der Waals surface area contributed by atoms with Gasteiger partial charge in [0.25, 0.3) is 0 Å². The number of pyridine rings is 1.